The van der Waals surface area contributed by atoms with Crippen molar-refractivity contribution in [1.29, 1.82) is 0 Å². The molecule has 8 heteroatoms. The number of anilines is 1. The first-order valence-corrected chi connectivity index (χ1v) is 14.5. The van der Waals surface area contributed by atoms with E-state index in [1.165, 1.54) is 6.42 Å². The number of benzene rings is 2. The Hall–Kier alpha value is -1.60. The van der Waals surface area contributed by atoms with Crippen LogP contribution in [0.4, 0.5) is 5.69 Å². The van der Waals surface area contributed by atoms with Gasteiger partial charge in [0.1, 0.15) is 12.1 Å². The van der Waals surface area contributed by atoms with Crippen LogP contribution in [0.3, 0.4) is 0 Å². The molecule has 1 saturated heterocycles. The predicted octanol–water partition coefficient (Wildman–Crippen LogP) is 6.48. The second-order valence-electron chi connectivity index (χ2n) is 10.3. The molecule has 2 aromatic carbocycles. The lowest BCUT2D eigenvalue weighted by Crippen LogP contribution is -2.57. The first kappa shape index (κ1) is 26.0. The Balaban J connectivity index is 1.56. The molecule has 5 nitrogen and oxygen atoms in total. The molecule has 2 fully saturated rings. The number of nitrogens with zero attached hydrogens (tertiary/aromatic N) is 2. The molecule has 1 N–H and O–H groups in total. The van der Waals surface area contributed by atoms with E-state index in [0.29, 0.717) is 16.5 Å². The predicted molar refractivity (Wildman–Crippen MR) is 149 cm³/mol. The zero-order chi connectivity index (χ0) is 25.3. The average Bonchev–Trinajstić information content (AvgIpc) is 3.09. The highest BCUT2D eigenvalue weighted by Crippen LogP contribution is 2.46. The summed E-state index contributed by atoms with van der Waals surface area (Å²) in [6, 6.07) is 11.7. The number of hydrogen-bond donors (Lipinski definition) is 1. The van der Waals surface area contributed by atoms with Crippen molar-refractivity contribution in [3.8, 4) is 0 Å². The van der Waals surface area contributed by atoms with Gasteiger partial charge in [-0.2, -0.15) is 0 Å². The van der Waals surface area contributed by atoms with Crippen molar-refractivity contribution < 1.29 is 9.59 Å². The van der Waals surface area contributed by atoms with Crippen LogP contribution < -0.4 is 10.2 Å². The van der Waals surface area contributed by atoms with Crippen molar-refractivity contribution >= 4 is 56.6 Å². The van der Waals surface area contributed by atoms with Gasteiger partial charge in [0.05, 0.1) is 10.7 Å². The summed E-state index contributed by atoms with van der Waals surface area (Å²) in [4.78, 5) is 31.3. The van der Waals surface area contributed by atoms with Crippen LogP contribution in [0.15, 0.2) is 40.9 Å². The van der Waals surface area contributed by atoms with Gasteiger partial charge in [0, 0.05) is 40.6 Å². The van der Waals surface area contributed by atoms with Crippen LogP contribution in [0.25, 0.3) is 0 Å². The van der Waals surface area contributed by atoms with E-state index in [4.69, 9.17) is 23.2 Å². The number of carbonyl (C=O) groups excluding carboxylic acids is 2. The number of likely N-dealkylation sites (tertiary alicyclic amines) is 1. The summed E-state index contributed by atoms with van der Waals surface area (Å²) in [6.45, 7) is 1.54. The summed E-state index contributed by atoms with van der Waals surface area (Å²) < 4.78 is 0.742. The molecule has 0 spiro atoms. The van der Waals surface area contributed by atoms with Crippen LogP contribution in [0.5, 0.6) is 0 Å². The van der Waals surface area contributed by atoms with E-state index in [9.17, 15) is 9.59 Å². The van der Waals surface area contributed by atoms with Crippen molar-refractivity contribution in [3.05, 3.63) is 62.0 Å². The first-order valence-electron chi connectivity index (χ1n) is 13.0. The molecule has 3 aliphatic rings. The van der Waals surface area contributed by atoms with E-state index in [0.717, 1.165) is 79.3 Å². The van der Waals surface area contributed by atoms with E-state index in [1.54, 1.807) is 4.90 Å². The summed E-state index contributed by atoms with van der Waals surface area (Å²) in [7, 11) is 0. The highest BCUT2D eigenvalue weighted by molar-refractivity contribution is 9.10. The fourth-order valence-corrected chi connectivity index (χ4v) is 6.58. The zero-order valence-electron chi connectivity index (χ0n) is 20.4. The number of amides is 2. The minimum Gasteiger partial charge on any atom is -0.341 e. The topological polar surface area (TPSA) is 52.7 Å². The van der Waals surface area contributed by atoms with Gasteiger partial charge in [-0.15, -0.1) is 0 Å². The lowest BCUT2D eigenvalue weighted by Gasteiger charge is -2.36. The van der Waals surface area contributed by atoms with Crippen molar-refractivity contribution in [2.24, 2.45) is 0 Å². The molecule has 2 heterocycles. The number of hydrogen-bond acceptors (Lipinski definition) is 3. The third-order valence-corrected chi connectivity index (χ3v) is 9.29. The molecule has 0 aromatic heterocycles. The SMILES string of the molecule is O=C(CN1C(=O)C(Cc2ccc(Cl)cc2)(NC2CCCCC2)c2cc(Br)c(Cl)cc21)N1CCCCC1. The van der Waals surface area contributed by atoms with Crippen LogP contribution in [0.2, 0.25) is 10.0 Å². The Morgan fingerprint density at radius 3 is 2.36 bits per heavy atom. The van der Waals surface area contributed by atoms with Gasteiger partial charge >= 0.3 is 0 Å². The smallest absolute Gasteiger partial charge is 0.252 e. The Kier molecular flexibility index (Phi) is 7.97. The second-order valence-corrected chi connectivity index (χ2v) is 12.0. The van der Waals surface area contributed by atoms with Crippen LogP contribution in [0.1, 0.15) is 62.5 Å². The molecule has 2 amide bonds. The van der Waals surface area contributed by atoms with E-state index in [1.807, 2.05) is 41.3 Å². The lowest BCUT2D eigenvalue weighted by atomic mass is 9.82. The average molecular weight is 593 g/mol. The molecular weight excluding hydrogens is 561 g/mol. The Morgan fingerprint density at radius 1 is 1.00 bits per heavy atom. The molecule has 5 rings (SSSR count). The van der Waals surface area contributed by atoms with E-state index < -0.39 is 5.54 Å². The molecule has 1 unspecified atom stereocenters. The Bertz CT molecular complexity index is 1130. The lowest BCUT2D eigenvalue weighted by molar-refractivity contribution is -0.133. The molecule has 2 aliphatic heterocycles. The van der Waals surface area contributed by atoms with E-state index in [2.05, 4.69) is 21.2 Å². The molecule has 1 aliphatic carbocycles. The number of halogens is 3. The van der Waals surface area contributed by atoms with Gasteiger partial charge in [-0.25, -0.2) is 0 Å². The minimum absolute atomic E-state index is 0.00648. The number of piperidine rings is 1. The van der Waals surface area contributed by atoms with Gasteiger partial charge in [0.2, 0.25) is 5.91 Å². The molecule has 1 atom stereocenters. The van der Waals surface area contributed by atoms with Crippen molar-refractivity contribution in [2.75, 3.05) is 24.5 Å². The maximum atomic E-state index is 14.5. The molecule has 1 saturated carbocycles. The Labute approximate surface area is 231 Å². The third kappa shape index (κ3) is 5.20. The fraction of sp³-hybridized carbons (Fsp3) is 0.500. The van der Waals surface area contributed by atoms with Crippen molar-refractivity contribution in [2.45, 2.75) is 69.4 Å². The normalized spacial score (nSPS) is 22.7. The summed E-state index contributed by atoms with van der Waals surface area (Å²) in [5, 5.41) is 5.00. The van der Waals surface area contributed by atoms with Gasteiger partial charge in [-0.05, 0) is 77.9 Å². The number of carbonyl (C=O) groups is 2. The van der Waals surface area contributed by atoms with Crippen molar-refractivity contribution in [1.82, 2.24) is 10.2 Å². The van der Waals surface area contributed by atoms with Crippen LogP contribution in [-0.2, 0) is 21.5 Å². The molecular formula is C28H32BrCl2N3O2. The van der Waals surface area contributed by atoms with E-state index >= 15 is 0 Å². The van der Waals surface area contributed by atoms with Gasteiger partial charge in [0.25, 0.3) is 5.91 Å². The van der Waals surface area contributed by atoms with Gasteiger partial charge in [-0.3, -0.25) is 14.9 Å². The molecule has 192 valence electrons. The highest BCUT2D eigenvalue weighted by atomic mass is 79.9. The third-order valence-electron chi connectivity index (χ3n) is 7.84. The molecule has 0 radical (unpaired) electrons. The number of nitrogens with one attached hydrogen (secondary N) is 1. The van der Waals surface area contributed by atoms with E-state index in [-0.39, 0.29) is 24.4 Å². The fourth-order valence-electron chi connectivity index (χ4n) is 5.96. The molecule has 2 aromatic rings. The maximum absolute atomic E-state index is 14.5. The maximum Gasteiger partial charge on any atom is 0.252 e. The Morgan fingerprint density at radius 2 is 1.67 bits per heavy atom. The quantitative estimate of drug-likeness (QED) is 0.418. The molecule has 36 heavy (non-hydrogen) atoms. The number of fused-ring (bicyclic) bond motifs is 1. The van der Waals surface area contributed by atoms with Gasteiger partial charge in [-0.1, -0.05) is 54.6 Å². The summed E-state index contributed by atoms with van der Waals surface area (Å²) in [5.41, 5.74) is 1.62. The second kappa shape index (κ2) is 11.0. The van der Waals surface area contributed by atoms with Gasteiger partial charge < -0.3 is 9.80 Å². The summed E-state index contributed by atoms with van der Waals surface area (Å²) >= 11 is 16.3. The zero-order valence-corrected chi connectivity index (χ0v) is 23.5. The minimum atomic E-state index is -0.986. The number of rotatable bonds is 6. The van der Waals surface area contributed by atoms with Gasteiger partial charge in [0.15, 0.2) is 0 Å². The largest absolute Gasteiger partial charge is 0.341 e. The summed E-state index contributed by atoms with van der Waals surface area (Å²) in [5.74, 6) is -0.0921. The van der Waals surface area contributed by atoms with Crippen molar-refractivity contribution in [3.63, 3.8) is 0 Å². The standard InChI is InChI=1S/C28H32BrCl2N3O2/c29-23-15-22-25(16-24(23)31)34(18-26(35)33-13-5-2-6-14-33)27(36)28(22,32-21-7-3-1-4-8-21)17-19-9-11-20(30)12-10-19/h9-12,15-16,21,32H,1-8,13-14,17-18H2. The summed E-state index contributed by atoms with van der Waals surface area (Å²) in [6.07, 6.45) is 9.23. The van der Waals surface area contributed by atoms with Crippen LogP contribution in [0, 0.1) is 0 Å². The monoisotopic (exact) mass is 591 g/mol. The highest BCUT2D eigenvalue weighted by Gasteiger charge is 2.52. The van der Waals surface area contributed by atoms with Crippen LogP contribution in [-0.4, -0.2) is 42.4 Å². The van der Waals surface area contributed by atoms with Crippen LogP contribution >= 0.6 is 39.1 Å². The molecule has 0 bridgehead atoms. The first-order chi connectivity index (χ1) is 17.4.